The number of aliphatic hydroxyl groups is 1. The van der Waals surface area contributed by atoms with Crippen LogP contribution in [0.2, 0.25) is 5.02 Å². The van der Waals surface area contributed by atoms with Gasteiger partial charge in [0.2, 0.25) is 0 Å². The molecule has 0 spiro atoms. The zero-order chi connectivity index (χ0) is 10.1. The summed E-state index contributed by atoms with van der Waals surface area (Å²) in [7, 11) is 0. The highest BCUT2D eigenvalue weighted by atomic mass is 35.5. The molecule has 3 heteroatoms. The number of benzene rings is 1. The zero-order valence-electron chi connectivity index (χ0n) is 7.91. The van der Waals surface area contributed by atoms with Crippen LogP contribution < -0.4 is 5.73 Å². The van der Waals surface area contributed by atoms with Crippen molar-refractivity contribution in [1.29, 1.82) is 0 Å². The van der Waals surface area contributed by atoms with Gasteiger partial charge in [0.1, 0.15) is 0 Å². The van der Waals surface area contributed by atoms with Crippen LogP contribution in [-0.2, 0) is 0 Å². The lowest BCUT2D eigenvalue weighted by molar-refractivity contribution is 0.172. The van der Waals surface area contributed by atoms with Gasteiger partial charge in [-0.05, 0) is 48.6 Å². The molecule has 14 heavy (non-hydrogen) atoms. The maximum absolute atomic E-state index is 9.80. The molecule has 0 aliphatic heterocycles. The van der Waals surface area contributed by atoms with Crippen molar-refractivity contribution < 1.29 is 5.11 Å². The van der Waals surface area contributed by atoms with Gasteiger partial charge in [-0.3, -0.25) is 0 Å². The molecule has 2 unspecified atom stereocenters. The molecule has 0 saturated carbocycles. The van der Waals surface area contributed by atoms with Gasteiger partial charge in [0, 0.05) is 5.02 Å². The first-order valence-corrected chi connectivity index (χ1v) is 5.27. The first-order chi connectivity index (χ1) is 6.72. The van der Waals surface area contributed by atoms with E-state index >= 15 is 0 Å². The van der Waals surface area contributed by atoms with Crippen molar-refractivity contribution in [2.45, 2.75) is 24.9 Å². The Labute approximate surface area is 88.7 Å². The highest BCUT2D eigenvalue weighted by Gasteiger charge is 2.28. The van der Waals surface area contributed by atoms with Gasteiger partial charge >= 0.3 is 0 Å². The van der Waals surface area contributed by atoms with E-state index in [4.69, 9.17) is 17.3 Å². The molecule has 0 amide bonds. The summed E-state index contributed by atoms with van der Waals surface area (Å²) < 4.78 is 0. The Kier molecular flexibility index (Phi) is 2.77. The van der Waals surface area contributed by atoms with Crippen LogP contribution in [0.15, 0.2) is 18.2 Å². The number of rotatable bonds is 2. The average Bonchev–Trinajstić information content (AvgIpc) is 2.44. The van der Waals surface area contributed by atoms with Gasteiger partial charge in [-0.15, -0.1) is 0 Å². The molecule has 76 valence electrons. The van der Waals surface area contributed by atoms with Crippen molar-refractivity contribution in [1.82, 2.24) is 0 Å². The van der Waals surface area contributed by atoms with Crippen LogP contribution in [0.25, 0.3) is 0 Å². The molecule has 1 aliphatic carbocycles. The second-order valence-corrected chi connectivity index (χ2v) is 4.24. The molecular formula is C11H14ClNO. The lowest BCUT2D eigenvalue weighted by Crippen LogP contribution is -2.04. The van der Waals surface area contributed by atoms with E-state index in [1.165, 1.54) is 5.56 Å². The summed E-state index contributed by atoms with van der Waals surface area (Å²) in [6.45, 7) is 0.666. The van der Waals surface area contributed by atoms with E-state index in [1.807, 2.05) is 18.2 Å². The molecule has 2 rings (SSSR count). The summed E-state index contributed by atoms with van der Waals surface area (Å²) in [4.78, 5) is 0. The second-order valence-electron chi connectivity index (χ2n) is 3.80. The van der Waals surface area contributed by atoms with Gasteiger partial charge in [-0.1, -0.05) is 17.7 Å². The molecule has 1 aromatic rings. The topological polar surface area (TPSA) is 46.2 Å². The van der Waals surface area contributed by atoms with E-state index in [0.29, 0.717) is 17.5 Å². The van der Waals surface area contributed by atoms with E-state index in [-0.39, 0.29) is 6.10 Å². The first-order valence-electron chi connectivity index (χ1n) is 4.90. The maximum Gasteiger partial charge on any atom is 0.0799 e. The third kappa shape index (κ3) is 1.65. The van der Waals surface area contributed by atoms with Crippen LogP contribution in [-0.4, -0.2) is 11.7 Å². The van der Waals surface area contributed by atoms with E-state index in [2.05, 4.69) is 0 Å². The van der Waals surface area contributed by atoms with Gasteiger partial charge in [0.05, 0.1) is 6.10 Å². The molecule has 0 fully saturated rings. The molecule has 0 aromatic heterocycles. The number of halogens is 1. The molecule has 0 radical (unpaired) electrons. The third-order valence-corrected chi connectivity index (χ3v) is 3.11. The summed E-state index contributed by atoms with van der Waals surface area (Å²) in [6.07, 6.45) is 1.36. The Morgan fingerprint density at radius 2 is 2.21 bits per heavy atom. The molecule has 0 heterocycles. The molecule has 3 N–H and O–H groups in total. The molecule has 1 aromatic carbocycles. The van der Waals surface area contributed by atoms with Crippen molar-refractivity contribution in [2.24, 2.45) is 5.73 Å². The summed E-state index contributed by atoms with van der Waals surface area (Å²) in [5.74, 6) is 0.405. The summed E-state index contributed by atoms with van der Waals surface area (Å²) >= 11 is 5.88. The number of fused-ring (bicyclic) bond motifs is 1. The van der Waals surface area contributed by atoms with Crippen LogP contribution in [0, 0.1) is 0 Å². The highest BCUT2D eigenvalue weighted by Crippen LogP contribution is 2.42. The average molecular weight is 212 g/mol. The lowest BCUT2D eigenvalue weighted by atomic mass is 9.98. The van der Waals surface area contributed by atoms with E-state index in [1.54, 1.807) is 0 Å². The van der Waals surface area contributed by atoms with Crippen molar-refractivity contribution >= 4 is 11.6 Å². The SMILES string of the molecule is NCCC1CC(O)c2cc(Cl)ccc21. The summed E-state index contributed by atoms with van der Waals surface area (Å²) in [6, 6.07) is 5.74. The van der Waals surface area contributed by atoms with E-state index in [9.17, 15) is 5.11 Å². The van der Waals surface area contributed by atoms with Crippen molar-refractivity contribution in [3.8, 4) is 0 Å². The lowest BCUT2D eigenvalue weighted by Gasteiger charge is -2.08. The standard InChI is InChI=1S/C11H14ClNO/c12-8-1-2-9-7(3-4-13)5-11(14)10(9)6-8/h1-2,6-7,11,14H,3-5,13H2. The van der Waals surface area contributed by atoms with Crippen molar-refractivity contribution in [3.05, 3.63) is 34.3 Å². The van der Waals surface area contributed by atoms with E-state index in [0.717, 1.165) is 18.4 Å². The van der Waals surface area contributed by atoms with Crippen LogP contribution in [0.4, 0.5) is 0 Å². The Balaban J connectivity index is 2.34. The fourth-order valence-corrected chi connectivity index (χ4v) is 2.38. The van der Waals surface area contributed by atoms with Gasteiger partial charge < -0.3 is 10.8 Å². The Bertz CT molecular complexity index is 340. The van der Waals surface area contributed by atoms with Crippen molar-refractivity contribution in [3.63, 3.8) is 0 Å². The molecule has 1 aliphatic rings. The number of hydrogen-bond donors (Lipinski definition) is 2. The Hall–Kier alpha value is -0.570. The van der Waals surface area contributed by atoms with Crippen LogP contribution in [0.1, 0.15) is 36.0 Å². The molecule has 0 saturated heterocycles. The Morgan fingerprint density at radius 1 is 1.43 bits per heavy atom. The first kappa shape index (κ1) is 9.97. The highest BCUT2D eigenvalue weighted by molar-refractivity contribution is 6.30. The fourth-order valence-electron chi connectivity index (χ4n) is 2.20. The summed E-state index contributed by atoms with van der Waals surface area (Å²) in [5.41, 5.74) is 7.73. The zero-order valence-corrected chi connectivity index (χ0v) is 8.67. The minimum absolute atomic E-state index is 0.361. The van der Waals surface area contributed by atoms with Gasteiger partial charge in [0.15, 0.2) is 0 Å². The molecule has 2 nitrogen and oxygen atoms in total. The predicted octanol–water partition coefficient (Wildman–Crippen LogP) is 2.21. The maximum atomic E-state index is 9.80. The third-order valence-electron chi connectivity index (χ3n) is 2.87. The normalized spacial score (nSPS) is 25.1. The Morgan fingerprint density at radius 3 is 2.93 bits per heavy atom. The van der Waals surface area contributed by atoms with Crippen LogP contribution in [0.5, 0.6) is 0 Å². The minimum Gasteiger partial charge on any atom is -0.388 e. The van der Waals surface area contributed by atoms with Crippen molar-refractivity contribution in [2.75, 3.05) is 6.54 Å². The minimum atomic E-state index is -0.361. The smallest absolute Gasteiger partial charge is 0.0799 e. The van der Waals surface area contributed by atoms with Gasteiger partial charge in [0.25, 0.3) is 0 Å². The predicted molar refractivity (Wildman–Crippen MR) is 57.4 cm³/mol. The van der Waals surface area contributed by atoms with Crippen LogP contribution in [0.3, 0.4) is 0 Å². The monoisotopic (exact) mass is 211 g/mol. The largest absolute Gasteiger partial charge is 0.388 e. The van der Waals surface area contributed by atoms with Crippen LogP contribution >= 0.6 is 11.6 Å². The molecule has 0 bridgehead atoms. The number of nitrogens with two attached hydrogens (primary N) is 1. The molecular weight excluding hydrogens is 198 g/mol. The molecule has 2 atom stereocenters. The summed E-state index contributed by atoms with van der Waals surface area (Å²) in [5, 5.41) is 10.5. The second kappa shape index (κ2) is 3.89. The quantitative estimate of drug-likeness (QED) is 0.788. The van der Waals surface area contributed by atoms with Gasteiger partial charge in [-0.25, -0.2) is 0 Å². The fraction of sp³-hybridized carbons (Fsp3) is 0.455. The number of aliphatic hydroxyl groups excluding tert-OH is 1. The van der Waals surface area contributed by atoms with E-state index < -0.39 is 0 Å². The number of hydrogen-bond acceptors (Lipinski definition) is 2. The van der Waals surface area contributed by atoms with Gasteiger partial charge in [-0.2, -0.15) is 0 Å².